The van der Waals surface area contributed by atoms with Gasteiger partial charge in [-0.3, -0.25) is 14.5 Å². The normalized spacial score (nSPS) is 20.9. The van der Waals surface area contributed by atoms with Crippen molar-refractivity contribution in [2.24, 2.45) is 5.41 Å². The van der Waals surface area contributed by atoms with Gasteiger partial charge in [-0.1, -0.05) is 0 Å². The molecule has 0 aromatic heterocycles. The summed E-state index contributed by atoms with van der Waals surface area (Å²) >= 11 is 0. The molecule has 1 aliphatic rings. The summed E-state index contributed by atoms with van der Waals surface area (Å²) in [6.45, 7) is 8.17. The third-order valence-electron chi connectivity index (χ3n) is 3.23. The Kier molecular flexibility index (Phi) is 5.75. The highest BCUT2D eigenvalue weighted by atomic mass is 16.5. The second-order valence-electron chi connectivity index (χ2n) is 5.33. The van der Waals surface area contributed by atoms with Gasteiger partial charge < -0.3 is 14.8 Å². The Morgan fingerprint density at radius 1 is 1.47 bits per heavy atom. The molecule has 1 fully saturated rings. The van der Waals surface area contributed by atoms with Gasteiger partial charge >= 0.3 is 5.97 Å². The van der Waals surface area contributed by atoms with E-state index in [-0.39, 0.29) is 17.9 Å². The average Bonchev–Trinajstić information content (AvgIpc) is 2.38. The summed E-state index contributed by atoms with van der Waals surface area (Å²) < 4.78 is 10.2. The smallest absolute Gasteiger partial charge is 0.312 e. The molecule has 1 unspecified atom stereocenters. The molecule has 1 aliphatic heterocycles. The Labute approximate surface area is 114 Å². The Morgan fingerprint density at radius 2 is 2.16 bits per heavy atom. The maximum Gasteiger partial charge on any atom is 0.312 e. The second kappa shape index (κ2) is 6.86. The van der Waals surface area contributed by atoms with Gasteiger partial charge in [0.25, 0.3) is 0 Å². The van der Waals surface area contributed by atoms with Crippen LogP contribution in [0.15, 0.2) is 0 Å². The topological polar surface area (TPSA) is 67.9 Å². The van der Waals surface area contributed by atoms with Crippen molar-refractivity contribution in [2.45, 2.75) is 26.8 Å². The van der Waals surface area contributed by atoms with E-state index < -0.39 is 5.41 Å². The molecule has 1 heterocycles. The summed E-state index contributed by atoms with van der Waals surface area (Å²) in [4.78, 5) is 25.7. The first-order chi connectivity index (χ1) is 8.92. The van der Waals surface area contributed by atoms with E-state index in [4.69, 9.17) is 9.47 Å². The predicted molar refractivity (Wildman–Crippen MR) is 70.7 cm³/mol. The third-order valence-corrected chi connectivity index (χ3v) is 3.23. The highest BCUT2D eigenvalue weighted by molar-refractivity contribution is 5.82. The molecular weight excluding hydrogens is 248 g/mol. The lowest BCUT2D eigenvalue weighted by atomic mass is 9.92. The number of hydrogen-bond acceptors (Lipinski definition) is 5. The molecule has 0 radical (unpaired) electrons. The molecule has 1 rings (SSSR count). The van der Waals surface area contributed by atoms with Crippen LogP contribution in [0.25, 0.3) is 0 Å². The summed E-state index contributed by atoms with van der Waals surface area (Å²) in [6, 6.07) is -0.336. The lowest BCUT2D eigenvalue weighted by Gasteiger charge is -2.38. The summed E-state index contributed by atoms with van der Waals surface area (Å²) in [6.07, 6.45) is 0. The number of nitrogens with zero attached hydrogens (tertiary/aromatic N) is 1. The number of ether oxygens (including phenoxy) is 2. The van der Waals surface area contributed by atoms with Crippen LogP contribution in [0.1, 0.15) is 20.8 Å². The first kappa shape index (κ1) is 15.9. The molecule has 0 aromatic rings. The summed E-state index contributed by atoms with van der Waals surface area (Å²) in [5.74, 6) is -0.323. The fourth-order valence-corrected chi connectivity index (χ4v) is 2.21. The van der Waals surface area contributed by atoms with Crippen molar-refractivity contribution in [3.63, 3.8) is 0 Å². The van der Waals surface area contributed by atoms with E-state index in [1.54, 1.807) is 0 Å². The number of nitrogens with one attached hydrogen (secondary N) is 1. The number of methoxy groups -OCH3 is 1. The maximum absolute atomic E-state index is 12.0. The van der Waals surface area contributed by atoms with Crippen LogP contribution >= 0.6 is 0 Å². The highest BCUT2D eigenvalue weighted by Gasteiger charge is 2.37. The maximum atomic E-state index is 12.0. The van der Waals surface area contributed by atoms with E-state index in [0.29, 0.717) is 32.8 Å². The summed E-state index contributed by atoms with van der Waals surface area (Å²) in [7, 11) is 1.38. The zero-order chi connectivity index (χ0) is 14.5. The highest BCUT2D eigenvalue weighted by Crippen LogP contribution is 2.21. The second-order valence-corrected chi connectivity index (χ2v) is 5.33. The van der Waals surface area contributed by atoms with Crippen LogP contribution in [0.3, 0.4) is 0 Å². The molecule has 1 N–H and O–H groups in total. The minimum atomic E-state index is -0.642. The van der Waals surface area contributed by atoms with Crippen LogP contribution in [0.2, 0.25) is 0 Å². The molecule has 1 atom stereocenters. The molecule has 1 saturated heterocycles. The van der Waals surface area contributed by atoms with Gasteiger partial charge in [-0.05, 0) is 20.8 Å². The largest absolute Gasteiger partial charge is 0.469 e. The Morgan fingerprint density at radius 3 is 2.74 bits per heavy atom. The van der Waals surface area contributed by atoms with Gasteiger partial charge in [0.05, 0.1) is 25.7 Å². The summed E-state index contributed by atoms with van der Waals surface area (Å²) in [5.41, 5.74) is -0.642. The zero-order valence-electron chi connectivity index (χ0n) is 12.2. The van der Waals surface area contributed by atoms with Gasteiger partial charge in [0.2, 0.25) is 5.91 Å². The quantitative estimate of drug-likeness (QED) is 0.715. The SMILES string of the molecule is CCNC(=O)C1COCCN1CC(C)(C)C(=O)OC. The van der Waals surface area contributed by atoms with Crippen molar-refractivity contribution >= 4 is 11.9 Å². The molecule has 1 amide bonds. The Balaban J connectivity index is 2.72. The summed E-state index contributed by atoms with van der Waals surface area (Å²) in [5, 5.41) is 2.80. The molecule has 110 valence electrons. The van der Waals surface area contributed by atoms with Gasteiger partial charge in [-0.2, -0.15) is 0 Å². The molecular formula is C13H24N2O4. The number of esters is 1. The number of likely N-dealkylation sites (N-methyl/N-ethyl adjacent to an activating group) is 1. The molecule has 0 saturated carbocycles. The minimum Gasteiger partial charge on any atom is -0.469 e. The van der Waals surface area contributed by atoms with Crippen molar-refractivity contribution in [2.75, 3.05) is 40.0 Å². The van der Waals surface area contributed by atoms with Gasteiger partial charge in [0.15, 0.2) is 0 Å². The fourth-order valence-electron chi connectivity index (χ4n) is 2.21. The third kappa shape index (κ3) is 4.18. The number of carbonyl (C=O) groups is 2. The molecule has 6 nitrogen and oxygen atoms in total. The van der Waals surface area contributed by atoms with Gasteiger partial charge in [-0.15, -0.1) is 0 Å². The predicted octanol–water partition coefficient (Wildman–Crippen LogP) is 0.0225. The van der Waals surface area contributed by atoms with E-state index in [0.717, 1.165) is 0 Å². The van der Waals surface area contributed by atoms with Gasteiger partial charge in [0.1, 0.15) is 6.04 Å². The number of hydrogen-bond donors (Lipinski definition) is 1. The Bertz CT molecular complexity index is 331. The molecule has 19 heavy (non-hydrogen) atoms. The van der Waals surface area contributed by atoms with Crippen molar-refractivity contribution in [1.82, 2.24) is 10.2 Å². The molecule has 0 aliphatic carbocycles. The Hall–Kier alpha value is -1.14. The first-order valence-electron chi connectivity index (χ1n) is 6.60. The number of carbonyl (C=O) groups excluding carboxylic acids is 2. The van der Waals surface area contributed by atoms with Crippen LogP contribution in [0, 0.1) is 5.41 Å². The van der Waals surface area contributed by atoms with E-state index in [9.17, 15) is 9.59 Å². The standard InChI is InChI=1S/C13H24N2O4/c1-5-14-11(16)10-8-19-7-6-15(10)9-13(2,3)12(17)18-4/h10H,5-9H2,1-4H3,(H,14,16). The van der Waals surface area contributed by atoms with E-state index in [2.05, 4.69) is 5.32 Å². The van der Waals surface area contributed by atoms with Crippen molar-refractivity contribution < 1.29 is 19.1 Å². The fraction of sp³-hybridized carbons (Fsp3) is 0.846. The molecule has 0 spiro atoms. The van der Waals surface area contributed by atoms with Gasteiger partial charge in [0, 0.05) is 19.6 Å². The minimum absolute atomic E-state index is 0.0529. The van der Waals surface area contributed by atoms with Crippen LogP contribution < -0.4 is 5.32 Å². The molecule has 0 aromatic carbocycles. The number of rotatable bonds is 5. The first-order valence-corrected chi connectivity index (χ1v) is 6.60. The lowest BCUT2D eigenvalue weighted by molar-refractivity contribution is -0.154. The van der Waals surface area contributed by atoms with E-state index in [1.807, 2.05) is 25.7 Å². The van der Waals surface area contributed by atoms with Crippen LogP contribution in [0.5, 0.6) is 0 Å². The monoisotopic (exact) mass is 272 g/mol. The molecule has 0 bridgehead atoms. The van der Waals surface area contributed by atoms with Crippen molar-refractivity contribution in [3.8, 4) is 0 Å². The van der Waals surface area contributed by atoms with Crippen LogP contribution in [0.4, 0.5) is 0 Å². The van der Waals surface area contributed by atoms with E-state index in [1.165, 1.54) is 7.11 Å². The van der Waals surface area contributed by atoms with Crippen molar-refractivity contribution in [1.29, 1.82) is 0 Å². The number of morpholine rings is 1. The van der Waals surface area contributed by atoms with Crippen LogP contribution in [-0.4, -0.2) is 62.8 Å². The molecule has 6 heteroatoms. The lowest BCUT2D eigenvalue weighted by Crippen LogP contribution is -2.56. The average molecular weight is 272 g/mol. The van der Waals surface area contributed by atoms with E-state index >= 15 is 0 Å². The zero-order valence-corrected chi connectivity index (χ0v) is 12.2. The number of amides is 1. The van der Waals surface area contributed by atoms with Gasteiger partial charge in [-0.25, -0.2) is 0 Å². The van der Waals surface area contributed by atoms with Crippen molar-refractivity contribution in [3.05, 3.63) is 0 Å². The van der Waals surface area contributed by atoms with Crippen LogP contribution in [-0.2, 0) is 19.1 Å².